The lowest BCUT2D eigenvalue weighted by atomic mass is 9.79. The second-order valence-electron chi connectivity index (χ2n) is 10.9. The van der Waals surface area contributed by atoms with Gasteiger partial charge in [0.2, 0.25) is 6.36 Å². The summed E-state index contributed by atoms with van der Waals surface area (Å²) in [6.45, 7) is 15.8. The Kier molecular flexibility index (Phi) is 10.3. The normalized spacial score (nSPS) is 38.4. The van der Waals surface area contributed by atoms with E-state index in [1.807, 2.05) is 50.3 Å². The van der Waals surface area contributed by atoms with Gasteiger partial charge >= 0.3 is 8.56 Å². The fraction of sp³-hybridized carbons (Fsp3) is 0.778. The lowest BCUT2D eigenvalue weighted by molar-refractivity contribution is -0.245. The van der Waals surface area contributed by atoms with Crippen molar-refractivity contribution in [1.29, 1.82) is 0 Å². The fourth-order valence-electron chi connectivity index (χ4n) is 5.06. The molecule has 2 aliphatic heterocycles. The smallest absolute Gasteiger partial charge is 0.332 e. The van der Waals surface area contributed by atoms with Crippen LogP contribution in [0.3, 0.4) is 0 Å². The van der Waals surface area contributed by atoms with Crippen molar-refractivity contribution in [3.63, 3.8) is 0 Å². The van der Waals surface area contributed by atoms with Gasteiger partial charge in [-0.2, -0.15) is 0 Å². The number of methoxy groups -OCH3 is 1. The van der Waals surface area contributed by atoms with Crippen LogP contribution in [0.25, 0.3) is 0 Å². The summed E-state index contributed by atoms with van der Waals surface area (Å²) in [5, 5.41) is 0. The Labute approximate surface area is 212 Å². The monoisotopic (exact) mass is 512 g/mol. The molecule has 2 aliphatic rings. The zero-order chi connectivity index (χ0) is 25.8. The number of hydrogen-bond donors (Lipinski definition) is 0. The van der Waals surface area contributed by atoms with Gasteiger partial charge in [0, 0.05) is 13.0 Å². The molecule has 1 aromatic rings. The molecule has 0 aliphatic carbocycles. The molecule has 10 atom stereocenters. The third-order valence-electron chi connectivity index (χ3n) is 8.12. The van der Waals surface area contributed by atoms with Gasteiger partial charge in [-0.05, 0) is 42.3 Å². The lowest BCUT2D eigenvalue weighted by Gasteiger charge is -2.45. The maximum absolute atomic E-state index is 15.2. The molecule has 0 spiro atoms. The van der Waals surface area contributed by atoms with E-state index in [4.69, 9.17) is 27.8 Å². The fourth-order valence-corrected chi connectivity index (χ4v) is 6.67. The SMILES string of the molecule is CO[C@H]1OC(CO[Si](C)(C)OC2[C@H](F)OC(COCc3ccccc3)[C@@H](C)[C@@H]2C)[C@@H](C)[C@H](C)C1C. The molecule has 6 nitrogen and oxygen atoms in total. The molecule has 2 heterocycles. The quantitative estimate of drug-likeness (QED) is 0.383. The van der Waals surface area contributed by atoms with Gasteiger partial charge in [-0.15, -0.1) is 0 Å². The molecule has 0 bridgehead atoms. The van der Waals surface area contributed by atoms with Crippen LogP contribution in [0, 0.1) is 29.6 Å². The molecular weight excluding hydrogens is 467 g/mol. The minimum absolute atomic E-state index is 0.0388. The van der Waals surface area contributed by atoms with Gasteiger partial charge in [0.05, 0.1) is 32.0 Å². The van der Waals surface area contributed by atoms with Crippen LogP contribution in [0.1, 0.15) is 40.2 Å². The Bertz CT molecular complexity index is 765. The van der Waals surface area contributed by atoms with Crippen LogP contribution in [-0.4, -0.2) is 59.8 Å². The van der Waals surface area contributed by atoms with Crippen molar-refractivity contribution in [3.8, 4) is 0 Å². The molecule has 8 heteroatoms. The first-order chi connectivity index (χ1) is 16.5. The molecule has 0 N–H and O–H groups in total. The molecule has 2 fully saturated rings. The van der Waals surface area contributed by atoms with Crippen LogP contribution in [0.5, 0.6) is 0 Å². The predicted octanol–water partition coefficient (Wildman–Crippen LogP) is 5.55. The largest absolute Gasteiger partial charge is 0.392 e. The second kappa shape index (κ2) is 12.6. The summed E-state index contributed by atoms with van der Waals surface area (Å²) in [5.41, 5.74) is 1.09. The standard InChI is InChI=1S/C27H45FO6Si/c1-17-18(2)24(33-27(29-6)21(17)5)16-31-35(7,8)34-25-20(4)19(3)23(32-26(25)28)15-30-14-22-12-10-9-11-13-22/h9-13,17-21,23-27H,14-16H2,1-8H3/t17-,18-,19-,20-,21?,23?,24?,25?,26+,27-/m0/s1. The van der Waals surface area contributed by atoms with E-state index in [0.29, 0.717) is 37.6 Å². The number of halogens is 1. The first kappa shape index (κ1) is 28.7. The Morgan fingerprint density at radius 1 is 0.829 bits per heavy atom. The number of hydrogen-bond acceptors (Lipinski definition) is 6. The van der Waals surface area contributed by atoms with Crippen molar-refractivity contribution in [2.75, 3.05) is 20.3 Å². The topological polar surface area (TPSA) is 55.4 Å². The second-order valence-corrected chi connectivity index (χ2v) is 14.2. The predicted molar refractivity (Wildman–Crippen MR) is 136 cm³/mol. The Morgan fingerprint density at radius 3 is 2.11 bits per heavy atom. The van der Waals surface area contributed by atoms with Gasteiger partial charge in [0.1, 0.15) is 6.10 Å². The molecule has 200 valence electrons. The van der Waals surface area contributed by atoms with Gasteiger partial charge in [0.25, 0.3) is 0 Å². The van der Waals surface area contributed by atoms with E-state index in [0.717, 1.165) is 5.56 Å². The summed E-state index contributed by atoms with van der Waals surface area (Å²) < 4.78 is 51.0. The van der Waals surface area contributed by atoms with Crippen LogP contribution >= 0.6 is 0 Å². The highest BCUT2D eigenvalue weighted by Gasteiger charge is 2.46. The van der Waals surface area contributed by atoms with Crippen LogP contribution in [0.15, 0.2) is 30.3 Å². The van der Waals surface area contributed by atoms with Gasteiger partial charge in [0.15, 0.2) is 6.29 Å². The zero-order valence-corrected chi connectivity index (χ0v) is 23.6. The Balaban J connectivity index is 1.51. The number of rotatable bonds is 10. The third kappa shape index (κ3) is 7.34. The van der Waals surface area contributed by atoms with Crippen molar-refractivity contribution in [2.45, 2.75) is 85.3 Å². The summed E-state index contributed by atoms with van der Waals surface area (Å²) in [5.74, 6) is 1.12. The van der Waals surface area contributed by atoms with Gasteiger partial charge < -0.3 is 27.8 Å². The van der Waals surface area contributed by atoms with Crippen molar-refractivity contribution >= 4 is 8.56 Å². The first-order valence-corrected chi connectivity index (χ1v) is 15.8. The molecule has 1 aromatic carbocycles. The summed E-state index contributed by atoms with van der Waals surface area (Å²) in [6, 6.07) is 9.95. The average molecular weight is 513 g/mol. The molecule has 4 unspecified atom stereocenters. The van der Waals surface area contributed by atoms with E-state index in [2.05, 4.69) is 27.7 Å². The van der Waals surface area contributed by atoms with Gasteiger partial charge in [-0.25, -0.2) is 4.39 Å². The molecule has 35 heavy (non-hydrogen) atoms. The maximum atomic E-state index is 15.2. The van der Waals surface area contributed by atoms with Crippen LogP contribution in [0.4, 0.5) is 4.39 Å². The summed E-state index contributed by atoms with van der Waals surface area (Å²) >= 11 is 0. The third-order valence-corrected chi connectivity index (χ3v) is 9.82. The average Bonchev–Trinajstić information content (AvgIpc) is 2.83. The molecule has 0 aromatic heterocycles. The highest BCUT2D eigenvalue weighted by molar-refractivity contribution is 6.64. The number of benzene rings is 1. The van der Waals surface area contributed by atoms with Crippen molar-refractivity contribution in [1.82, 2.24) is 0 Å². The lowest BCUT2D eigenvalue weighted by Crippen LogP contribution is -2.55. The minimum atomic E-state index is -2.65. The highest BCUT2D eigenvalue weighted by Crippen LogP contribution is 2.37. The van der Waals surface area contributed by atoms with E-state index < -0.39 is 21.0 Å². The van der Waals surface area contributed by atoms with E-state index in [1.54, 1.807) is 7.11 Å². The van der Waals surface area contributed by atoms with Crippen molar-refractivity contribution in [3.05, 3.63) is 35.9 Å². The van der Waals surface area contributed by atoms with Gasteiger partial charge in [-0.1, -0.05) is 65.0 Å². The number of ether oxygens (including phenoxy) is 4. The Hall–Kier alpha value is -0.873. The molecule has 3 rings (SSSR count). The zero-order valence-electron chi connectivity index (χ0n) is 22.6. The first-order valence-electron chi connectivity index (χ1n) is 12.9. The van der Waals surface area contributed by atoms with Crippen LogP contribution < -0.4 is 0 Å². The molecule has 0 amide bonds. The minimum Gasteiger partial charge on any atom is -0.392 e. The van der Waals surface area contributed by atoms with E-state index >= 15 is 4.39 Å². The summed E-state index contributed by atoms with van der Waals surface area (Å²) in [4.78, 5) is 0. The van der Waals surface area contributed by atoms with E-state index in [1.165, 1.54) is 0 Å². The molecule has 2 saturated heterocycles. The number of alkyl halides is 1. The summed E-state index contributed by atoms with van der Waals surface area (Å²) in [7, 11) is -0.975. The molecular formula is C27H45FO6Si. The van der Waals surface area contributed by atoms with Crippen molar-refractivity contribution < 1.29 is 32.2 Å². The molecule has 0 saturated carbocycles. The van der Waals surface area contributed by atoms with Crippen molar-refractivity contribution in [2.24, 2.45) is 29.6 Å². The maximum Gasteiger partial charge on any atom is 0.332 e. The van der Waals surface area contributed by atoms with Crippen LogP contribution in [-0.2, 0) is 34.4 Å². The highest BCUT2D eigenvalue weighted by atomic mass is 28.4. The van der Waals surface area contributed by atoms with E-state index in [9.17, 15) is 0 Å². The van der Waals surface area contributed by atoms with Crippen LogP contribution in [0.2, 0.25) is 13.1 Å². The van der Waals surface area contributed by atoms with E-state index in [-0.39, 0.29) is 30.3 Å². The summed E-state index contributed by atoms with van der Waals surface area (Å²) in [6.07, 6.45) is -2.85. The Morgan fingerprint density at radius 2 is 1.46 bits per heavy atom. The molecule has 0 radical (unpaired) electrons. The van der Waals surface area contributed by atoms with Gasteiger partial charge in [-0.3, -0.25) is 0 Å².